The molecule has 1 N–H and O–H groups in total. The fourth-order valence-corrected chi connectivity index (χ4v) is 3.44. The van der Waals surface area contributed by atoms with Gasteiger partial charge in [0.25, 0.3) is 0 Å². The SMILES string of the molecule is CN(C[C@H]1CCCO1)C(=O)NCc1ccccc1CN1CCCC1=O. The van der Waals surface area contributed by atoms with Gasteiger partial charge in [0.15, 0.2) is 0 Å². The zero-order valence-corrected chi connectivity index (χ0v) is 14.9. The van der Waals surface area contributed by atoms with Crippen molar-refractivity contribution in [2.24, 2.45) is 0 Å². The lowest BCUT2D eigenvalue weighted by Gasteiger charge is -2.22. The molecule has 1 atom stereocenters. The van der Waals surface area contributed by atoms with Crippen LogP contribution >= 0.6 is 0 Å². The van der Waals surface area contributed by atoms with E-state index in [0.29, 0.717) is 26.1 Å². The van der Waals surface area contributed by atoms with Crippen molar-refractivity contribution in [2.75, 3.05) is 26.7 Å². The van der Waals surface area contributed by atoms with Crippen LogP contribution in [0.1, 0.15) is 36.8 Å². The van der Waals surface area contributed by atoms with E-state index in [4.69, 9.17) is 4.74 Å². The number of likely N-dealkylation sites (tertiary alicyclic amines) is 1. The molecule has 0 aliphatic carbocycles. The molecule has 3 rings (SSSR count). The standard InChI is InChI=1S/C19H27N3O3/c1-21(14-17-8-5-11-25-17)19(24)20-12-15-6-2-3-7-16(15)13-22-10-4-9-18(22)23/h2-3,6-7,17H,4-5,8-14H2,1H3,(H,20,24)/t17-/m1/s1. The second kappa shape index (κ2) is 8.34. The molecule has 6 nitrogen and oxygen atoms in total. The average Bonchev–Trinajstić information content (AvgIpc) is 3.26. The first-order valence-electron chi connectivity index (χ1n) is 9.08. The van der Waals surface area contributed by atoms with E-state index in [2.05, 4.69) is 5.32 Å². The molecular weight excluding hydrogens is 318 g/mol. The molecule has 25 heavy (non-hydrogen) atoms. The molecule has 2 aliphatic rings. The van der Waals surface area contributed by atoms with Crippen LogP contribution in [0.2, 0.25) is 0 Å². The predicted molar refractivity (Wildman–Crippen MR) is 94.9 cm³/mol. The molecule has 0 saturated carbocycles. The summed E-state index contributed by atoms with van der Waals surface area (Å²) in [6.45, 7) is 3.33. The fraction of sp³-hybridized carbons (Fsp3) is 0.579. The third kappa shape index (κ3) is 4.72. The van der Waals surface area contributed by atoms with E-state index in [1.165, 1.54) is 0 Å². The van der Waals surface area contributed by atoms with E-state index in [1.807, 2.05) is 29.2 Å². The summed E-state index contributed by atoms with van der Waals surface area (Å²) >= 11 is 0. The molecule has 0 radical (unpaired) electrons. The summed E-state index contributed by atoms with van der Waals surface area (Å²) in [4.78, 5) is 27.7. The Morgan fingerprint density at radius 3 is 2.80 bits per heavy atom. The average molecular weight is 345 g/mol. The summed E-state index contributed by atoms with van der Waals surface area (Å²) in [5, 5.41) is 2.98. The first-order chi connectivity index (χ1) is 12.1. The molecule has 2 heterocycles. The van der Waals surface area contributed by atoms with Gasteiger partial charge < -0.3 is 19.9 Å². The summed E-state index contributed by atoms with van der Waals surface area (Å²) in [5.41, 5.74) is 2.15. The van der Waals surface area contributed by atoms with Gasteiger partial charge in [-0.3, -0.25) is 4.79 Å². The number of likely N-dealkylation sites (N-methyl/N-ethyl adjacent to an activating group) is 1. The van der Waals surface area contributed by atoms with Crippen LogP contribution in [0.15, 0.2) is 24.3 Å². The monoisotopic (exact) mass is 345 g/mol. The first-order valence-corrected chi connectivity index (χ1v) is 9.08. The highest BCUT2D eigenvalue weighted by Crippen LogP contribution is 2.17. The Balaban J connectivity index is 1.53. The van der Waals surface area contributed by atoms with E-state index in [9.17, 15) is 9.59 Å². The predicted octanol–water partition coefficient (Wildman–Crippen LogP) is 2.13. The van der Waals surface area contributed by atoms with Crippen LogP contribution in [0.25, 0.3) is 0 Å². The molecule has 136 valence electrons. The molecule has 0 bridgehead atoms. The highest BCUT2D eigenvalue weighted by atomic mass is 16.5. The molecule has 0 unspecified atom stereocenters. The first kappa shape index (κ1) is 17.7. The second-order valence-electron chi connectivity index (χ2n) is 6.86. The van der Waals surface area contributed by atoms with Gasteiger partial charge in [0.05, 0.1) is 6.10 Å². The number of carbonyl (C=O) groups excluding carboxylic acids is 2. The number of carbonyl (C=O) groups is 2. The van der Waals surface area contributed by atoms with Crippen LogP contribution in [0.4, 0.5) is 4.79 Å². The normalized spacial score (nSPS) is 20.1. The van der Waals surface area contributed by atoms with Gasteiger partial charge in [-0.2, -0.15) is 0 Å². The van der Waals surface area contributed by atoms with Crippen molar-refractivity contribution in [3.05, 3.63) is 35.4 Å². The van der Waals surface area contributed by atoms with Gasteiger partial charge in [-0.1, -0.05) is 24.3 Å². The maximum atomic E-state index is 12.3. The Morgan fingerprint density at radius 1 is 1.32 bits per heavy atom. The molecule has 2 fully saturated rings. The molecule has 2 aliphatic heterocycles. The Kier molecular flexibility index (Phi) is 5.91. The molecule has 1 aromatic rings. The lowest BCUT2D eigenvalue weighted by Crippen LogP contribution is -2.41. The largest absolute Gasteiger partial charge is 0.376 e. The molecule has 0 spiro atoms. The smallest absolute Gasteiger partial charge is 0.317 e. The molecule has 3 amide bonds. The topological polar surface area (TPSA) is 61.9 Å². The van der Waals surface area contributed by atoms with E-state index < -0.39 is 0 Å². The molecule has 1 aromatic carbocycles. The molecule has 2 saturated heterocycles. The van der Waals surface area contributed by atoms with Crippen molar-refractivity contribution in [1.29, 1.82) is 0 Å². The van der Waals surface area contributed by atoms with Gasteiger partial charge in [0, 0.05) is 46.3 Å². The Hall–Kier alpha value is -2.08. The summed E-state index contributed by atoms with van der Waals surface area (Å²) in [6, 6.07) is 7.89. The van der Waals surface area contributed by atoms with Crippen molar-refractivity contribution < 1.29 is 14.3 Å². The lowest BCUT2D eigenvalue weighted by molar-refractivity contribution is -0.128. The van der Waals surface area contributed by atoms with Crippen molar-refractivity contribution in [1.82, 2.24) is 15.1 Å². The zero-order valence-electron chi connectivity index (χ0n) is 14.9. The van der Waals surface area contributed by atoms with Gasteiger partial charge in [0.2, 0.25) is 5.91 Å². The quantitative estimate of drug-likeness (QED) is 0.859. The minimum Gasteiger partial charge on any atom is -0.376 e. The van der Waals surface area contributed by atoms with Crippen LogP contribution in [0.5, 0.6) is 0 Å². The van der Waals surface area contributed by atoms with Crippen LogP contribution in [-0.4, -0.2) is 54.6 Å². The third-order valence-electron chi connectivity index (χ3n) is 4.93. The summed E-state index contributed by atoms with van der Waals surface area (Å²) in [5.74, 6) is 0.218. The molecular formula is C19H27N3O3. The second-order valence-corrected chi connectivity index (χ2v) is 6.86. The Bertz CT molecular complexity index is 614. The summed E-state index contributed by atoms with van der Waals surface area (Å²) in [7, 11) is 1.80. The minimum absolute atomic E-state index is 0.0949. The van der Waals surface area contributed by atoms with Gasteiger partial charge in [-0.05, 0) is 30.4 Å². The minimum atomic E-state index is -0.0949. The maximum Gasteiger partial charge on any atom is 0.317 e. The number of amides is 3. The fourth-order valence-electron chi connectivity index (χ4n) is 3.44. The lowest BCUT2D eigenvalue weighted by atomic mass is 10.1. The van der Waals surface area contributed by atoms with Crippen molar-refractivity contribution in [2.45, 2.75) is 44.9 Å². The Labute approximate surface area is 149 Å². The van der Waals surface area contributed by atoms with Crippen molar-refractivity contribution in [3.63, 3.8) is 0 Å². The van der Waals surface area contributed by atoms with Crippen LogP contribution in [0.3, 0.4) is 0 Å². The number of nitrogens with zero attached hydrogens (tertiary/aromatic N) is 2. The van der Waals surface area contributed by atoms with E-state index in [0.717, 1.165) is 43.5 Å². The molecule has 0 aromatic heterocycles. The van der Waals surface area contributed by atoms with E-state index in [-0.39, 0.29) is 18.0 Å². The number of urea groups is 1. The van der Waals surface area contributed by atoms with Crippen LogP contribution in [-0.2, 0) is 22.6 Å². The summed E-state index contributed by atoms with van der Waals surface area (Å²) in [6.07, 6.45) is 3.83. The number of hydrogen-bond donors (Lipinski definition) is 1. The van der Waals surface area contributed by atoms with E-state index in [1.54, 1.807) is 11.9 Å². The zero-order chi connectivity index (χ0) is 17.6. The molecule has 6 heteroatoms. The number of hydrogen-bond acceptors (Lipinski definition) is 3. The number of ether oxygens (including phenoxy) is 1. The highest BCUT2D eigenvalue weighted by Gasteiger charge is 2.22. The summed E-state index contributed by atoms with van der Waals surface area (Å²) < 4.78 is 5.58. The van der Waals surface area contributed by atoms with Gasteiger partial charge in [0.1, 0.15) is 0 Å². The number of benzene rings is 1. The van der Waals surface area contributed by atoms with Crippen molar-refractivity contribution in [3.8, 4) is 0 Å². The third-order valence-corrected chi connectivity index (χ3v) is 4.93. The number of nitrogens with one attached hydrogen (secondary N) is 1. The number of rotatable bonds is 6. The van der Waals surface area contributed by atoms with Gasteiger partial charge in [-0.25, -0.2) is 4.79 Å². The van der Waals surface area contributed by atoms with Gasteiger partial charge >= 0.3 is 6.03 Å². The van der Waals surface area contributed by atoms with Crippen LogP contribution < -0.4 is 5.32 Å². The maximum absolute atomic E-state index is 12.3. The van der Waals surface area contributed by atoms with Crippen LogP contribution in [0, 0.1) is 0 Å². The van der Waals surface area contributed by atoms with E-state index >= 15 is 0 Å². The highest BCUT2D eigenvalue weighted by molar-refractivity contribution is 5.78. The van der Waals surface area contributed by atoms with Gasteiger partial charge in [-0.15, -0.1) is 0 Å². The van der Waals surface area contributed by atoms with Crippen molar-refractivity contribution >= 4 is 11.9 Å². The Morgan fingerprint density at radius 2 is 2.12 bits per heavy atom.